The Kier molecular flexibility index (Phi) is 5.17. The number of carbonyl (C=O) groups is 1. The van der Waals surface area contributed by atoms with Gasteiger partial charge in [0.2, 0.25) is 0 Å². The Hall–Kier alpha value is -3.78. The average molecular weight is 406 g/mol. The van der Waals surface area contributed by atoms with E-state index in [-0.39, 0.29) is 16.8 Å². The summed E-state index contributed by atoms with van der Waals surface area (Å²) >= 11 is 5.17. The molecule has 0 saturated heterocycles. The Labute approximate surface area is 170 Å². The summed E-state index contributed by atoms with van der Waals surface area (Å²) in [5.41, 5.74) is 7.43. The molecule has 0 bridgehead atoms. The Morgan fingerprint density at radius 2 is 1.79 bits per heavy atom. The van der Waals surface area contributed by atoms with Crippen LogP contribution in [0.15, 0.2) is 77.4 Å². The monoisotopic (exact) mass is 406 g/mol. The molecule has 0 aliphatic heterocycles. The van der Waals surface area contributed by atoms with Crippen molar-refractivity contribution in [3.05, 3.63) is 84.4 Å². The van der Waals surface area contributed by atoms with Gasteiger partial charge in [-0.2, -0.15) is 0 Å². The third kappa shape index (κ3) is 4.22. The number of fused-ring (bicyclic) bond motifs is 1. The third-order valence-electron chi connectivity index (χ3n) is 4.13. The standard InChI is InChI=1S/C21H15FN4O2S/c22-13-7-9-14(10-8-13)23-21(29)26-25-20(27)16-12-18(19-6-3-11-28-19)24-17-5-2-1-4-15(16)17/h1-12H,(H,25,27)(H2,23,26,29). The molecule has 0 spiro atoms. The van der Waals surface area contributed by atoms with Gasteiger partial charge in [-0.1, -0.05) is 18.2 Å². The molecule has 2 aromatic carbocycles. The molecule has 0 saturated carbocycles. The Balaban J connectivity index is 1.53. The quantitative estimate of drug-likeness (QED) is 0.348. The number of aromatic nitrogens is 1. The van der Waals surface area contributed by atoms with E-state index < -0.39 is 0 Å². The van der Waals surface area contributed by atoms with Crippen molar-refractivity contribution < 1.29 is 13.6 Å². The third-order valence-corrected chi connectivity index (χ3v) is 4.33. The maximum absolute atomic E-state index is 13.0. The number of rotatable bonds is 3. The van der Waals surface area contributed by atoms with Crippen molar-refractivity contribution in [1.29, 1.82) is 0 Å². The van der Waals surface area contributed by atoms with Gasteiger partial charge in [-0.15, -0.1) is 0 Å². The molecule has 3 N–H and O–H groups in total. The highest BCUT2D eigenvalue weighted by Crippen LogP contribution is 2.25. The van der Waals surface area contributed by atoms with E-state index in [0.29, 0.717) is 33.6 Å². The smallest absolute Gasteiger partial charge is 0.270 e. The number of benzene rings is 2. The fraction of sp³-hybridized carbons (Fsp3) is 0. The van der Waals surface area contributed by atoms with Crippen LogP contribution in [0, 0.1) is 5.82 Å². The summed E-state index contributed by atoms with van der Waals surface area (Å²) in [7, 11) is 0. The summed E-state index contributed by atoms with van der Waals surface area (Å²) in [5, 5.41) is 3.71. The Bertz CT molecular complexity index is 1180. The number of nitrogens with zero attached hydrogens (tertiary/aromatic N) is 1. The van der Waals surface area contributed by atoms with Crippen LogP contribution in [-0.4, -0.2) is 16.0 Å². The van der Waals surface area contributed by atoms with Crippen LogP contribution in [0.5, 0.6) is 0 Å². The van der Waals surface area contributed by atoms with Crippen LogP contribution >= 0.6 is 12.2 Å². The summed E-state index contributed by atoms with van der Waals surface area (Å²) in [6, 6.07) is 18.2. The number of hydrogen-bond donors (Lipinski definition) is 3. The van der Waals surface area contributed by atoms with Crippen LogP contribution in [0.4, 0.5) is 10.1 Å². The number of nitrogens with one attached hydrogen (secondary N) is 3. The molecule has 0 aliphatic carbocycles. The summed E-state index contributed by atoms with van der Waals surface area (Å²) in [5.74, 6) is -0.175. The summed E-state index contributed by atoms with van der Waals surface area (Å²) in [6.07, 6.45) is 1.55. The molecular weight excluding hydrogens is 391 g/mol. The predicted octanol–water partition coefficient (Wildman–Crippen LogP) is 4.27. The lowest BCUT2D eigenvalue weighted by atomic mass is 10.1. The minimum atomic E-state index is -0.389. The molecule has 0 aliphatic rings. The summed E-state index contributed by atoms with van der Waals surface area (Å²) in [4.78, 5) is 17.4. The number of amides is 1. The molecule has 0 atom stereocenters. The van der Waals surface area contributed by atoms with E-state index in [1.54, 1.807) is 24.5 Å². The molecule has 144 valence electrons. The zero-order valence-corrected chi connectivity index (χ0v) is 15.8. The van der Waals surface area contributed by atoms with Crippen molar-refractivity contribution in [2.24, 2.45) is 0 Å². The predicted molar refractivity (Wildman–Crippen MR) is 113 cm³/mol. The van der Waals surface area contributed by atoms with Crippen molar-refractivity contribution in [2.45, 2.75) is 0 Å². The molecule has 4 aromatic rings. The SMILES string of the molecule is O=C(NNC(=S)Nc1ccc(F)cc1)c1cc(-c2ccco2)nc2ccccc12. The van der Waals surface area contributed by atoms with Gasteiger partial charge in [-0.05, 0) is 60.7 Å². The Morgan fingerprint density at radius 3 is 2.55 bits per heavy atom. The fourth-order valence-corrected chi connectivity index (χ4v) is 2.96. The van der Waals surface area contributed by atoms with Gasteiger partial charge in [0.1, 0.15) is 11.5 Å². The topological polar surface area (TPSA) is 79.2 Å². The highest BCUT2D eigenvalue weighted by Gasteiger charge is 2.15. The first-order valence-corrected chi connectivity index (χ1v) is 9.07. The van der Waals surface area contributed by atoms with Gasteiger partial charge >= 0.3 is 0 Å². The molecule has 0 unspecified atom stereocenters. The van der Waals surface area contributed by atoms with E-state index in [2.05, 4.69) is 21.2 Å². The fourth-order valence-electron chi connectivity index (χ4n) is 2.79. The van der Waals surface area contributed by atoms with Crippen molar-refractivity contribution in [2.75, 3.05) is 5.32 Å². The first-order valence-electron chi connectivity index (χ1n) is 8.67. The first kappa shape index (κ1) is 18.6. The number of carbonyl (C=O) groups excluding carboxylic acids is 1. The molecule has 1 amide bonds. The van der Waals surface area contributed by atoms with Crippen molar-refractivity contribution in [3.63, 3.8) is 0 Å². The molecule has 6 nitrogen and oxygen atoms in total. The molecule has 4 rings (SSSR count). The second-order valence-corrected chi connectivity index (χ2v) is 6.50. The first-order chi connectivity index (χ1) is 14.1. The number of anilines is 1. The zero-order chi connectivity index (χ0) is 20.2. The lowest BCUT2D eigenvalue weighted by Gasteiger charge is -2.13. The van der Waals surface area contributed by atoms with E-state index in [0.717, 1.165) is 0 Å². The van der Waals surface area contributed by atoms with Crippen molar-refractivity contribution in [1.82, 2.24) is 15.8 Å². The molecular formula is C21H15FN4O2S. The number of furan rings is 1. The van der Waals surface area contributed by atoms with Crippen LogP contribution in [0.1, 0.15) is 10.4 Å². The molecule has 8 heteroatoms. The highest BCUT2D eigenvalue weighted by atomic mass is 32.1. The number of hydrogen-bond acceptors (Lipinski definition) is 4. The largest absolute Gasteiger partial charge is 0.463 e. The van der Waals surface area contributed by atoms with Crippen LogP contribution < -0.4 is 16.2 Å². The maximum atomic E-state index is 13.0. The average Bonchev–Trinajstić information content (AvgIpc) is 3.28. The number of para-hydroxylation sites is 1. The Morgan fingerprint density at radius 1 is 1.00 bits per heavy atom. The maximum Gasteiger partial charge on any atom is 0.270 e. The number of hydrazine groups is 1. The summed E-state index contributed by atoms with van der Waals surface area (Å²) < 4.78 is 18.4. The van der Waals surface area contributed by atoms with Gasteiger partial charge in [-0.25, -0.2) is 9.37 Å². The molecule has 2 aromatic heterocycles. The van der Waals surface area contributed by atoms with Crippen LogP contribution in [-0.2, 0) is 0 Å². The minimum absolute atomic E-state index is 0.162. The normalized spacial score (nSPS) is 10.5. The van der Waals surface area contributed by atoms with Gasteiger partial charge in [0.05, 0.1) is 17.3 Å². The van der Waals surface area contributed by atoms with E-state index in [1.807, 2.05) is 24.3 Å². The van der Waals surface area contributed by atoms with Gasteiger partial charge in [0, 0.05) is 11.1 Å². The number of halogens is 1. The van der Waals surface area contributed by atoms with E-state index in [1.165, 1.54) is 24.3 Å². The second-order valence-electron chi connectivity index (χ2n) is 6.09. The van der Waals surface area contributed by atoms with Gasteiger partial charge in [0.25, 0.3) is 5.91 Å². The zero-order valence-electron chi connectivity index (χ0n) is 15.0. The second kappa shape index (κ2) is 8.07. The number of pyridine rings is 1. The van der Waals surface area contributed by atoms with Gasteiger partial charge in [0.15, 0.2) is 10.9 Å². The molecule has 29 heavy (non-hydrogen) atoms. The molecule has 0 radical (unpaired) electrons. The molecule has 0 fully saturated rings. The lowest BCUT2D eigenvalue weighted by Crippen LogP contribution is -2.43. The van der Waals surface area contributed by atoms with Crippen LogP contribution in [0.3, 0.4) is 0 Å². The highest BCUT2D eigenvalue weighted by molar-refractivity contribution is 7.80. The van der Waals surface area contributed by atoms with E-state index >= 15 is 0 Å². The van der Waals surface area contributed by atoms with Crippen molar-refractivity contribution in [3.8, 4) is 11.5 Å². The molecule has 2 heterocycles. The minimum Gasteiger partial charge on any atom is -0.463 e. The lowest BCUT2D eigenvalue weighted by molar-refractivity contribution is 0.0946. The van der Waals surface area contributed by atoms with Gasteiger partial charge in [-0.3, -0.25) is 15.6 Å². The van der Waals surface area contributed by atoms with Crippen LogP contribution in [0.25, 0.3) is 22.4 Å². The number of thiocarbonyl (C=S) groups is 1. The summed E-state index contributed by atoms with van der Waals surface area (Å²) in [6.45, 7) is 0. The van der Waals surface area contributed by atoms with E-state index in [4.69, 9.17) is 16.6 Å². The van der Waals surface area contributed by atoms with E-state index in [9.17, 15) is 9.18 Å². The van der Waals surface area contributed by atoms with Crippen molar-refractivity contribution >= 4 is 39.8 Å². The van der Waals surface area contributed by atoms with Gasteiger partial charge < -0.3 is 9.73 Å². The van der Waals surface area contributed by atoms with Crippen LogP contribution in [0.2, 0.25) is 0 Å².